The first-order valence-corrected chi connectivity index (χ1v) is 6.54. The average Bonchev–Trinajstić information content (AvgIpc) is 3.06. The molecule has 1 heterocycles. The third kappa shape index (κ3) is 2.09. The minimum absolute atomic E-state index is 0.00109. The van der Waals surface area contributed by atoms with Crippen LogP contribution in [0.15, 0.2) is 18.2 Å². The second kappa shape index (κ2) is 4.07. The number of alkyl halides is 2. The van der Waals surface area contributed by atoms with E-state index in [1.54, 1.807) is 6.07 Å². The molecule has 4 nitrogen and oxygen atoms in total. The molecule has 1 aromatic carbocycles. The zero-order valence-corrected chi connectivity index (χ0v) is 11.2. The number of hydrogen-bond acceptors (Lipinski definition) is 3. The molecule has 20 heavy (non-hydrogen) atoms. The summed E-state index contributed by atoms with van der Waals surface area (Å²) in [5.41, 5.74) is 0.0799. The monoisotopic (exact) mass is 283 g/mol. The van der Waals surface area contributed by atoms with Crippen LogP contribution in [0.3, 0.4) is 0 Å². The number of fused-ring (bicyclic) bond motifs is 1. The zero-order valence-electron chi connectivity index (χ0n) is 11.2. The molecule has 2 aliphatic rings. The van der Waals surface area contributed by atoms with Crippen LogP contribution < -0.4 is 14.8 Å². The molecule has 0 bridgehead atoms. The summed E-state index contributed by atoms with van der Waals surface area (Å²) >= 11 is 0. The lowest BCUT2D eigenvalue weighted by molar-refractivity contribution is -0.286. The Hall–Kier alpha value is -1.85. The molecule has 1 aliphatic carbocycles. The van der Waals surface area contributed by atoms with E-state index in [0.717, 1.165) is 0 Å². The summed E-state index contributed by atoms with van der Waals surface area (Å²) in [6.07, 6.45) is -2.21. The van der Waals surface area contributed by atoms with Crippen molar-refractivity contribution in [2.45, 2.75) is 44.4 Å². The van der Waals surface area contributed by atoms with Crippen molar-refractivity contribution in [3.05, 3.63) is 23.8 Å². The third-order valence-electron chi connectivity index (χ3n) is 3.56. The van der Waals surface area contributed by atoms with Gasteiger partial charge in [0.2, 0.25) is 5.91 Å². The van der Waals surface area contributed by atoms with E-state index >= 15 is 0 Å². The van der Waals surface area contributed by atoms with Gasteiger partial charge >= 0.3 is 6.29 Å². The molecule has 1 N–H and O–H groups in total. The van der Waals surface area contributed by atoms with E-state index in [9.17, 15) is 13.6 Å². The lowest BCUT2D eigenvalue weighted by Crippen LogP contribution is -2.38. The summed E-state index contributed by atoms with van der Waals surface area (Å²) in [6.45, 7) is 3.77. The Bertz CT molecular complexity index is 568. The molecule has 108 valence electrons. The highest BCUT2D eigenvalue weighted by Gasteiger charge is 2.52. The molecule has 1 saturated carbocycles. The number of carbonyl (C=O) groups excluding carboxylic acids is 1. The van der Waals surface area contributed by atoms with E-state index in [2.05, 4.69) is 14.8 Å². The first kappa shape index (κ1) is 13.1. The van der Waals surface area contributed by atoms with Gasteiger partial charge in [0.25, 0.3) is 0 Å². The van der Waals surface area contributed by atoms with E-state index in [1.165, 1.54) is 12.1 Å². The number of halogens is 2. The summed E-state index contributed by atoms with van der Waals surface area (Å²) in [5, 5.41) is 2.87. The SMILES string of the molecule is CC(C)NC(=O)C1(c2ccc3c(c2)OC(F)(F)O3)CC1. The number of carbonyl (C=O) groups is 1. The Morgan fingerprint density at radius 1 is 1.25 bits per heavy atom. The summed E-state index contributed by atoms with van der Waals surface area (Å²) < 4.78 is 34.8. The lowest BCUT2D eigenvalue weighted by Gasteiger charge is -2.18. The highest BCUT2D eigenvalue weighted by Crippen LogP contribution is 2.51. The second-order valence-electron chi connectivity index (χ2n) is 5.54. The molecule has 0 spiro atoms. The second-order valence-corrected chi connectivity index (χ2v) is 5.54. The van der Waals surface area contributed by atoms with Crippen LogP contribution in [0.4, 0.5) is 8.78 Å². The van der Waals surface area contributed by atoms with Crippen molar-refractivity contribution in [1.82, 2.24) is 5.32 Å². The fraction of sp³-hybridized carbons (Fsp3) is 0.500. The Morgan fingerprint density at radius 3 is 2.50 bits per heavy atom. The lowest BCUT2D eigenvalue weighted by atomic mass is 9.94. The molecular formula is C14H15F2NO3. The minimum atomic E-state index is -3.63. The standard InChI is InChI=1S/C14H15F2NO3/c1-8(2)17-12(18)13(5-6-13)9-3-4-10-11(7-9)20-14(15,16)19-10/h3-4,7-8H,5-6H2,1-2H3,(H,17,18). The van der Waals surface area contributed by atoms with Gasteiger partial charge in [-0.3, -0.25) is 4.79 Å². The van der Waals surface area contributed by atoms with Crippen molar-refractivity contribution >= 4 is 5.91 Å². The van der Waals surface area contributed by atoms with Crippen LogP contribution in [0.1, 0.15) is 32.3 Å². The van der Waals surface area contributed by atoms with Crippen molar-refractivity contribution in [1.29, 1.82) is 0 Å². The zero-order chi connectivity index (χ0) is 14.5. The van der Waals surface area contributed by atoms with Crippen molar-refractivity contribution in [3.8, 4) is 11.5 Å². The maximum absolute atomic E-state index is 13.0. The predicted octanol–water partition coefficient (Wildman–Crippen LogP) is 2.56. The number of nitrogens with one attached hydrogen (secondary N) is 1. The Morgan fingerprint density at radius 2 is 1.90 bits per heavy atom. The molecule has 0 aromatic heterocycles. The number of benzene rings is 1. The van der Waals surface area contributed by atoms with Crippen LogP contribution >= 0.6 is 0 Å². The van der Waals surface area contributed by atoms with E-state index in [0.29, 0.717) is 18.4 Å². The predicted molar refractivity (Wildman–Crippen MR) is 66.8 cm³/mol. The highest BCUT2D eigenvalue weighted by atomic mass is 19.3. The molecule has 0 atom stereocenters. The average molecular weight is 283 g/mol. The summed E-state index contributed by atoms with van der Waals surface area (Å²) in [7, 11) is 0. The normalized spacial score (nSPS) is 20.9. The fourth-order valence-electron chi connectivity index (χ4n) is 2.42. The number of ether oxygens (including phenoxy) is 2. The quantitative estimate of drug-likeness (QED) is 0.927. The Labute approximate surface area is 115 Å². The van der Waals surface area contributed by atoms with E-state index in [1.807, 2.05) is 13.8 Å². The number of amides is 1. The van der Waals surface area contributed by atoms with Crippen molar-refractivity contribution in [2.24, 2.45) is 0 Å². The molecule has 3 rings (SSSR count). The number of rotatable bonds is 3. The summed E-state index contributed by atoms with van der Waals surface area (Å²) in [5.74, 6) is -0.0898. The number of hydrogen-bond donors (Lipinski definition) is 1. The van der Waals surface area contributed by atoms with Crippen molar-refractivity contribution in [2.75, 3.05) is 0 Å². The van der Waals surface area contributed by atoms with Crippen LogP contribution in [0.5, 0.6) is 11.5 Å². The van der Waals surface area contributed by atoms with Gasteiger partial charge in [-0.2, -0.15) is 0 Å². The molecule has 1 fully saturated rings. The minimum Gasteiger partial charge on any atom is -0.395 e. The van der Waals surface area contributed by atoms with Gasteiger partial charge in [-0.1, -0.05) is 6.07 Å². The van der Waals surface area contributed by atoms with Crippen LogP contribution in [0.2, 0.25) is 0 Å². The maximum atomic E-state index is 13.0. The van der Waals surface area contributed by atoms with Crippen LogP contribution in [0.25, 0.3) is 0 Å². The van der Waals surface area contributed by atoms with Gasteiger partial charge in [0.15, 0.2) is 11.5 Å². The summed E-state index contributed by atoms with van der Waals surface area (Å²) in [6, 6.07) is 4.59. The van der Waals surface area contributed by atoms with Gasteiger partial charge in [-0.25, -0.2) is 0 Å². The van der Waals surface area contributed by atoms with Crippen LogP contribution in [-0.4, -0.2) is 18.2 Å². The smallest absolute Gasteiger partial charge is 0.395 e. The fourth-order valence-corrected chi connectivity index (χ4v) is 2.42. The molecule has 0 radical (unpaired) electrons. The Balaban J connectivity index is 1.88. The highest BCUT2D eigenvalue weighted by molar-refractivity contribution is 5.91. The van der Waals surface area contributed by atoms with Gasteiger partial charge in [-0.05, 0) is 44.4 Å². The molecular weight excluding hydrogens is 268 g/mol. The summed E-state index contributed by atoms with van der Waals surface area (Å²) in [4.78, 5) is 12.2. The Kier molecular flexibility index (Phi) is 2.68. The van der Waals surface area contributed by atoms with Gasteiger partial charge in [0.05, 0.1) is 5.41 Å². The van der Waals surface area contributed by atoms with Crippen LogP contribution in [0, 0.1) is 0 Å². The van der Waals surface area contributed by atoms with Gasteiger partial charge < -0.3 is 14.8 Å². The maximum Gasteiger partial charge on any atom is 0.586 e. The van der Waals surface area contributed by atoms with Crippen molar-refractivity contribution in [3.63, 3.8) is 0 Å². The topological polar surface area (TPSA) is 47.6 Å². The molecule has 0 saturated heterocycles. The molecule has 1 aliphatic heterocycles. The van der Waals surface area contributed by atoms with E-state index in [-0.39, 0.29) is 23.4 Å². The third-order valence-corrected chi connectivity index (χ3v) is 3.56. The van der Waals surface area contributed by atoms with Crippen molar-refractivity contribution < 1.29 is 23.0 Å². The van der Waals surface area contributed by atoms with Crippen LogP contribution in [-0.2, 0) is 10.2 Å². The van der Waals surface area contributed by atoms with Gasteiger partial charge in [0, 0.05) is 6.04 Å². The molecule has 1 amide bonds. The van der Waals surface area contributed by atoms with E-state index in [4.69, 9.17) is 0 Å². The first-order chi connectivity index (χ1) is 9.32. The molecule has 1 aromatic rings. The largest absolute Gasteiger partial charge is 0.586 e. The molecule has 0 unspecified atom stereocenters. The molecule has 6 heteroatoms. The van der Waals surface area contributed by atoms with Gasteiger partial charge in [0.1, 0.15) is 0 Å². The van der Waals surface area contributed by atoms with E-state index < -0.39 is 11.7 Å². The first-order valence-electron chi connectivity index (χ1n) is 6.54. The van der Waals surface area contributed by atoms with Gasteiger partial charge in [-0.15, -0.1) is 8.78 Å².